The van der Waals surface area contributed by atoms with Crippen molar-refractivity contribution in [1.82, 2.24) is 5.32 Å². The van der Waals surface area contributed by atoms with Crippen LogP contribution in [0.5, 0.6) is 0 Å². The highest BCUT2D eigenvalue weighted by molar-refractivity contribution is 5.89. The van der Waals surface area contributed by atoms with Gasteiger partial charge in [0.05, 0.1) is 11.6 Å². The van der Waals surface area contributed by atoms with Gasteiger partial charge in [0.2, 0.25) is 0 Å². The van der Waals surface area contributed by atoms with Crippen molar-refractivity contribution in [2.45, 2.75) is 6.04 Å². The Morgan fingerprint density at radius 2 is 2.27 bits per heavy atom. The number of anilines is 1. The third-order valence-corrected chi connectivity index (χ3v) is 2.35. The normalized spacial score (nSPS) is 15.8. The molecule has 0 aliphatic carbocycles. The maximum atomic E-state index is 13.0. The minimum atomic E-state index is -1.25. The summed E-state index contributed by atoms with van der Waals surface area (Å²) in [5.74, 6) is -1.96. The molecule has 0 bridgehead atoms. The van der Waals surface area contributed by atoms with Crippen LogP contribution < -0.4 is 10.6 Å². The zero-order valence-corrected chi connectivity index (χ0v) is 7.96. The van der Waals surface area contributed by atoms with Gasteiger partial charge in [-0.25, -0.2) is 9.18 Å². The molecule has 80 valence electrons. The Balaban J connectivity index is 2.17. The van der Waals surface area contributed by atoms with Gasteiger partial charge in [-0.3, -0.25) is 0 Å². The number of carbonyl (C=O) groups is 1. The molecule has 2 rings (SSSR count). The maximum Gasteiger partial charge on any atom is 0.338 e. The SMILES string of the molecule is O=C(O)c1cc(NC2CNC2)ccc1F. The fourth-order valence-corrected chi connectivity index (χ4v) is 1.41. The Hall–Kier alpha value is -1.62. The Morgan fingerprint density at radius 3 is 2.80 bits per heavy atom. The van der Waals surface area contributed by atoms with Crippen molar-refractivity contribution >= 4 is 11.7 Å². The van der Waals surface area contributed by atoms with Crippen LogP contribution in [-0.2, 0) is 0 Å². The minimum Gasteiger partial charge on any atom is -0.478 e. The third-order valence-electron chi connectivity index (χ3n) is 2.35. The third kappa shape index (κ3) is 2.07. The first-order valence-electron chi connectivity index (χ1n) is 4.67. The molecule has 1 aromatic rings. The monoisotopic (exact) mass is 210 g/mol. The van der Waals surface area contributed by atoms with E-state index in [9.17, 15) is 9.18 Å². The lowest BCUT2D eigenvalue weighted by molar-refractivity contribution is 0.0692. The van der Waals surface area contributed by atoms with Crippen LogP contribution in [0.15, 0.2) is 18.2 Å². The number of carboxylic acids is 1. The molecule has 1 fully saturated rings. The summed E-state index contributed by atoms with van der Waals surface area (Å²) < 4.78 is 13.0. The van der Waals surface area contributed by atoms with E-state index in [1.54, 1.807) is 6.07 Å². The van der Waals surface area contributed by atoms with Gasteiger partial charge in [-0.2, -0.15) is 0 Å². The molecule has 0 atom stereocenters. The number of carboxylic acid groups (broad SMARTS) is 1. The highest BCUT2D eigenvalue weighted by atomic mass is 19.1. The average molecular weight is 210 g/mol. The average Bonchev–Trinajstić information content (AvgIpc) is 2.13. The van der Waals surface area contributed by atoms with Gasteiger partial charge in [0.1, 0.15) is 5.82 Å². The summed E-state index contributed by atoms with van der Waals surface area (Å²) >= 11 is 0. The molecule has 4 nitrogen and oxygen atoms in total. The highest BCUT2D eigenvalue weighted by Crippen LogP contribution is 2.16. The first-order chi connectivity index (χ1) is 7.16. The second-order valence-electron chi connectivity index (χ2n) is 3.50. The van der Waals surface area contributed by atoms with Gasteiger partial charge in [-0.05, 0) is 18.2 Å². The number of rotatable bonds is 3. The lowest BCUT2D eigenvalue weighted by atomic mass is 10.1. The van der Waals surface area contributed by atoms with Crippen LogP contribution in [0.3, 0.4) is 0 Å². The van der Waals surface area contributed by atoms with E-state index in [1.807, 2.05) is 0 Å². The quantitative estimate of drug-likeness (QED) is 0.694. The fraction of sp³-hybridized carbons (Fsp3) is 0.300. The van der Waals surface area contributed by atoms with Crippen LogP contribution in [-0.4, -0.2) is 30.2 Å². The molecule has 1 saturated heterocycles. The molecular formula is C10H11FN2O2. The molecule has 1 aromatic carbocycles. The summed E-state index contributed by atoms with van der Waals surface area (Å²) in [5, 5.41) is 14.9. The molecule has 0 saturated carbocycles. The van der Waals surface area contributed by atoms with E-state index < -0.39 is 11.8 Å². The van der Waals surface area contributed by atoms with E-state index >= 15 is 0 Å². The Kier molecular flexibility index (Phi) is 2.55. The summed E-state index contributed by atoms with van der Waals surface area (Å²) in [7, 11) is 0. The molecule has 5 heteroatoms. The van der Waals surface area contributed by atoms with Crippen molar-refractivity contribution in [1.29, 1.82) is 0 Å². The first-order valence-corrected chi connectivity index (χ1v) is 4.67. The van der Waals surface area contributed by atoms with Crippen molar-refractivity contribution in [3.63, 3.8) is 0 Å². The molecule has 1 aliphatic rings. The predicted molar refractivity (Wildman–Crippen MR) is 53.6 cm³/mol. The van der Waals surface area contributed by atoms with Gasteiger partial charge in [0, 0.05) is 18.8 Å². The van der Waals surface area contributed by atoms with Crippen LogP contribution in [0, 0.1) is 5.82 Å². The lowest BCUT2D eigenvalue weighted by Gasteiger charge is -2.29. The van der Waals surface area contributed by atoms with E-state index in [-0.39, 0.29) is 5.56 Å². The summed E-state index contributed by atoms with van der Waals surface area (Å²) in [4.78, 5) is 10.7. The van der Waals surface area contributed by atoms with Crippen molar-refractivity contribution in [3.8, 4) is 0 Å². The van der Waals surface area contributed by atoms with Crippen molar-refractivity contribution in [2.75, 3.05) is 18.4 Å². The molecule has 3 N–H and O–H groups in total. The van der Waals surface area contributed by atoms with Gasteiger partial charge in [0.25, 0.3) is 0 Å². The molecule has 15 heavy (non-hydrogen) atoms. The van der Waals surface area contributed by atoms with Crippen LogP contribution in [0.2, 0.25) is 0 Å². The topological polar surface area (TPSA) is 61.4 Å². The lowest BCUT2D eigenvalue weighted by Crippen LogP contribution is -2.51. The molecule has 0 spiro atoms. The Labute approximate surface area is 86.1 Å². The van der Waals surface area contributed by atoms with Crippen molar-refractivity contribution in [3.05, 3.63) is 29.6 Å². The van der Waals surface area contributed by atoms with Gasteiger partial charge >= 0.3 is 5.97 Å². The second-order valence-corrected chi connectivity index (χ2v) is 3.50. The summed E-state index contributed by atoms with van der Waals surface area (Å²) in [5.41, 5.74) is 0.340. The summed E-state index contributed by atoms with van der Waals surface area (Å²) in [6, 6.07) is 4.32. The number of benzene rings is 1. The summed E-state index contributed by atoms with van der Waals surface area (Å²) in [6.07, 6.45) is 0. The number of aromatic carboxylic acids is 1. The number of halogens is 1. The highest BCUT2D eigenvalue weighted by Gasteiger charge is 2.17. The fourth-order valence-electron chi connectivity index (χ4n) is 1.41. The Morgan fingerprint density at radius 1 is 1.53 bits per heavy atom. The zero-order valence-electron chi connectivity index (χ0n) is 7.96. The number of hydrogen-bond acceptors (Lipinski definition) is 3. The zero-order chi connectivity index (χ0) is 10.8. The van der Waals surface area contributed by atoms with Crippen LogP contribution in [0.4, 0.5) is 10.1 Å². The molecule has 0 aromatic heterocycles. The van der Waals surface area contributed by atoms with Gasteiger partial charge in [0.15, 0.2) is 0 Å². The Bertz CT molecular complexity index is 391. The smallest absolute Gasteiger partial charge is 0.338 e. The first kappa shape index (κ1) is 9.92. The predicted octanol–water partition coefficient (Wildman–Crippen LogP) is 0.908. The van der Waals surface area contributed by atoms with Crippen molar-refractivity contribution in [2.24, 2.45) is 0 Å². The van der Waals surface area contributed by atoms with Gasteiger partial charge < -0.3 is 15.7 Å². The molecule has 1 aliphatic heterocycles. The molecule has 1 heterocycles. The number of nitrogens with one attached hydrogen (secondary N) is 2. The van der Waals surface area contributed by atoms with E-state index in [0.29, 0.717) is 11.7 Å². The van der Waals surface area contributed by atoms with Crippen molar-refractivity contribution < 1.29 is 14.3 Å². The van der Waals surface area contributed by atoms with E-state index in [1.165, 1.54) is 6.07 Å². The van der Waals surface area contributed by atoms with Gasteiger partial charge in [-0.15, -0.1) is 0 Å². The van der Waals surface area contributed by atoms with Crippen LogP contribution in [0.1, 0.15) is 10.4 Å². The van der Waals surface area contributed by atoms with E-state index in [4.69, 9.17) is 5.11 Å². The molecular weight excluding hydrogens is 199 g/mol. The van der Waals surface area contributed by atoms with Crippen LogP contribution in [0.25, 0.3) is 0 Å². The molecule has 0 unspecified atom stereocenters. The van der Waals surface area contributed by atoms with Crippen LogP contribution >= 0.6 is 0 Å². The standard InChI is InChI=1S/C10H11FN2O2/c11-9-2-1-6(3-8(9)10(14)15)13-7-4-12-5-7/h1-3,7,12-13H,4-5H2,(H,14,15). The number of hydrogen-bond donors (Lipinski definition) is 3. The minimum absolute atomic E-state index is 0.299. The summed E-state index contributed by atoms with van der Waals surface area (Å²) in [6.45, 7) is 1.69. The van der Waals surface area contributed by atoms with E-state index in [2.05, 4.69) is 10.6 Å². The largest absolute Gasteiger partial charge is 0.478 e. The second kappa shape index (κ2) is 3.86. The molecule has 0 radical (unpaired) electrons. The molecule has 0 amide bonds. The maximum absolute atomic E-state index is 13.0. The van der Waals surface area contributed by atoms with E-state index in [0.717, 1.165) is 19.2 Å². The van der Waals surface area contributed by atoms with Gasteiger partial charge in [-0.1, -0.05) is 0 Å².